The van der Waals surface area contributed by atoms with Crippen LogP contribution in [-0.4, -0.2) is 23.5 Å². The van der Waals surface area contributed by atoms with Gasteiger partial charge in [0.25, 0.3) is 0 Å². The molecule has 0 aromatic rings. The van der Waals surface area contributed by atoms with E-state index in [0.717, 1.165) is 41.7 Å². The van der Waals surface area contributed by atoms with E-state index in [0.29, 0.717) is 0 Å². The average molecular weight is 348 g/mol. The van der Waals surface area contributed by atoms with Crippen LogP contribution in [0.5, 0.6) is 0 Å². The van der Waals surface area contributed by atoms with Crippen LogP contribution in [0.15, 0.2) is 0 Å². The second-order valence-electron chi connectivity index (χ2n) is 10.2. The predicted octanol–water partition coefficient (Wildman–Crippen LogP) is 6.91. The Kier molecular flexibility index (Phi) is 7.29. The molecule has 3 rings (SSSR count). The summed E-state index contributed by atoms with van der Waals surface area (Å²) in [7, 11) is 0. The van der Waals surface area contributed by atoms with E-state index in [9.17, 15) is 0 Å². The van der Waals surface area contributed by atoms with Gasteiger partial charge in [-0.3, -0.25) is 4.90 Å². The van der Waals surface area contributed by atoms with Gasteiger partial charge >= 0.3 is 0 Å². The molecule has 0 aromatic carbocycles. The van der Waals surface area contributed by atoms with Crippen molar-refractivity contribution in [2.45, 2.75) is 117 Å². The summed E-state index contributed by atoms with van der Waals surface area (Å²) in [6.07, 6.45) is 17.8. The van der Waals surface area contributed by atoms with Crippen molar-refractivity contribution in [2.24, 2.45) is 29.6 Å². The Morgan fingerprint density at radius 3 is 1.88 bits per heavy atom. The van der Waals surface area contributed by atoms with Gasteiger partial charge < -0.3 is 0 Å². The minimum atomic E-state index is 0.806. The quantitative estimate of drug-likeness (QED) is 0.460. The first-order chi connectivity index (χ1) is 12.1. The molecule has 2 heterocycles. The van der Waals surface area contributed by atoms with Gasteiger partial charge in [0.15, 0.2) is 0 Å². The molecule has 1 saturated carbocycles. The van der Waals surface area contributed by atoms with Gasteiger partial charge in [-0.1, -0.05) is 65.7 Å². The molecule has 0 radical (unpaired) electrons. The van der Waals surface area contributed by atoms with Gasteiger partial charge in [-0.2, -0.15) is 0 Å². The molecule has 0 bridgehead atoms. The van der Waals surface area contributed by atoms with Crippen LogP contribution in [0.1, 0.15) is 105 Å². The molecular formula is C24H45N. The maximum Gasteiger partial charge on any atom is 0.0129 e. The van der Waals surface area contributed by atoms with Gasteiger partial charge in [0.05, 0.1) is 0 Å². The number of fused-ring (bicyclic) bond motifs is 3. The fraction of sp³-hybridized carbons (Fsp3) is 1.00. The van der Waals surface area contributed by atoms with Gasteiger partial charge in [-0.25, -0.2) is 0 Å². The zero-order valence-corrected chi connectivity index (χ0v) is 17.7. The third-order valence-electron chi connectivity index (χ3n) is 8.46. The third kappa shape index (κ3) is 4.82. The van der Waals surface area contributed by atoms with Gasteiger partial charge in [0.1, 0.15) is 0 Å². The lowest BCUT2D eigenvalue weighted by Gasteiger charge is -2.53. The molecule has 2 aliphatic heterocycles. The first kappa shape index (κ1) is 19.7. The Hall–Kier alpha value is -0.0400. The second kappa shape index (κ2) is 9.25. The van der Waals surface area contributed by atoms with E-state index in [2.05, 4.69) is 32.6 Å². The monoisotopic (exact) mass is 347 g/mol. The first-order valence-corrected chi connectivity index (χ1v) is 11.8. The average Bonchev–Trinajstić information content (AvgIpc) is 2.68. The molecule has 146 valence electrons. The normalized spacial score (nSPS) is 45.4. The standard InChI is InChI=1S/C24H45N/c1-18-10-5-6-14-23-22(15-7-11-18)20(3)21(4)25-17-9-13-19(2)12-8-16-24(23)25/h18-24H,5-17H2,1-4H3. The summed E-state index contributed by atoms with van der Waals surface area (Å²) >= 11 is 0. The fourth-order valence-electron chi connectivity index (χ4n) is 6.68. The summed E-state index contributed by atoms with van der Waals surface area (Å²) in [5, 5.41) is 0. The highest BCUT2D eigenvalue weighted by atomic mass is 15.2. The number of nitrogens with zero attached hydrogens (tertiary/aromatic N) is 1. The smallest absolute Gasteiger partial charge is 0.0129 e. The summed E-state index contributed by atoms with van der Waals surface area (Å²) < 4.78 is 0. The summed E-state index contributed by atoms with van der Waals surface area (Å²) in [5.41, 5.74) is 0. The molecule has 1 heteroatoms. The molecule has 7 unspecified atom stereocenters. The first-order valence-electron chi connectivity index (χ1n) is 11.8. The summed E-state index contributed by atoms with van der Waals surface area (Å²) in [6.45, 7) is 11.5. The van der Waals surface area contributed by atoms with E-state index in [1.807, 2.05) is 0 Å². The van der Waals surface area contributed by atoms with Gasteiger partial charge in [-0.15, -0.1) is 0 Å². The Labute approximate surface area is 158 Å². The molecule has 0 spiro atoms. The zero-order valence-electron chi connectivity index (χ0n) is 17.7. The fourth-order valence-corrected chi connectivity index (χ4v) is 6.68. The molecule has 1 nitrogen and oxygen atoms in total. The van der Waals surface area contributed by atoms with Crippen LogP contribution >= 0.6 is 0 Å². The predicted molar refractivity (Wildman–Crippen MR) is 110 cm³/mol. The molecule has 1 aliphatic carbocycles. The van der Waals surface area contributed by atoms with E-state index in [1.165, 1.54) is 83.6 Å². The zero-order chi connectivity index (χ0) is 17.8. The maximum absolute atomic E-state index is 3.00. The number of piperidine rings is 1. The lowest BCUT2D eigenvalue weighted by molar-refractivity contribution is -0.0453. The molecule has 0 aromatic heterocycles. The number of hydrogen-bond acceptors (Lipinski definition) is 1. The highest BCUT2D eigenvalue weighted by Crippen LogP contribution is 2.45. The van der Waals surface area contributed by atoms with Crippen molar-refractivity contribution in [1.82, 2.24) is 4.90 Å². The van der Waals surface area contributed by atoms with Crippen molar-refractivity contribution in [2.75, 3.05) is 6.54 Å². The number of hydrogen-bond donors (Lipinski definition) is 0. The SMILES string of the molecule is CC1CCCCC2C(CCC1)C(C)C(C)N1CCCC(C)CCCC21. The Bertz CT molecular complexity index is 392. The minimum Gasteiger partial charge on any atom is -0.297 e. The van der Waals surface area contributed by atoms with E-state index < -0.39 is 0 Å². The highest BCUT2D eigenvalue weighted by Gasteiger charge is 2.44. The Morgan fingerprint density at radius 1 is 0.560 bits per heavy atom. The van der Waals surface area contributed by atoms with Crippen molar-refractivity contribution in [1.29, 1.82) is 0 Å². The Morgan fingerprint density at radius 2 is 1.12 bits per heavy atom. The summed E-state index contributed by atoms with van der Waals surface area (Å²) in [6, 6.07) is 1.71. The van der Waals surface area contributed by atoms with Crippen LogP contribution in [0.25, 0.3) is 0 Å². The molecule has 25 heavy (non-hydrogen) atoms. The molecule has 3 fully saturated rings. The van der Waals surface area contributed by atoms with E-state index in [-0.39, 0.29) is 0 Å². The lowest BCUT2D eigenvalue weighted by atomic mass is 9.65. The Balaban J connectivity index is 1.78. The van der Waals surface area contributed by atoms with Crippen LogP contribution in [-0.2, 0) is 0 Å². The molecule has 0 N–H and O–H groups in total. The van der Waals surface area contributed by atoms with Crippen molar-refractivity contribution in [3.8, 4) is 0 Å². The van der Waals surface area contributed by atoms with Crippen molar-refractivity contribution >= 4 is 0 Å². The van der Waals surface area contributed by atoms with Crippen molar-refractivity contribution < 1.29 is 0 Å². The summed E-state index contributed by atoms with van der Waals surface area (Å²) in [5.74, 6) is 4.81. The van der Waals surface area contributed by atoms with Gasteiger partial charge in [-0.05, 0) is 75.2 Å². The van der Waals surface area contributed by atoms with E-state index >= 15 is 0 Å². The minimum absolute atomic E-state index is 0.806. The van der Waals surface area contributed by atoms with Crippen LogP contribution in [0.3, 0.4) is 0 Å². The molecule has 2 saturated heterocycles. The highest BCUT2D eigenvalue weighted by molar-refractivity contribution is 4.97. The second-order valence-corrected chi connectivity index (χ2v) is 10.2. The van der Waals surface area contributed by atoms with Crippen LogP contribution in [0.2, 0.25) is 0 Å². The van der Waals surface area contributed by atoms with E-state index in [4.69, 9.17) is 0 Å². The largest absolute Gasteiger partial charge is 0.297 e. The van der Waals surface area contributed by atoms with Crippen molar-refractivity contribution in [3.05, 3.63) is 0 Å². The van der Waals surface area contributed by atoms with Crippen molar-refractivity contribution in [3.63, 3.8) is 0 Å². The van der Waals surface area contributed by atoms with Gasteiger partial charge in [0.2, 0.25) is 0 Å². The topological polar surface area (TPSA) is 3.24 Å². The third-order valence-corrected chi connectivity index (χ3v) is 8.46. The van der Waals surface area contributed by atoms with Gasteiger partial charge in [0, 0.05) is 12.1 Å². The van der Waals surface area contributed by atoms with Crippen LogP contribution in [0, 0.1) is 29.6 Å². The maximum atomic E-state index is 3.00. The molecule has 0 amide bonds. The summed E-state index contributed by atoms with van der Waals surface area (Å²) in [4.78, 5) is 3.00. The number of rotatable bonds is 0. The van der Waals surface area contributed by atoms with E-state index in [1.54, 1.807) is 0 Å². The molecular weight excluding hydrogens is 302 g/mol. The lowest BCUT2D eigenvalue weighted by Crippen LogP contribution is -2.57. The van der Waals surface area contributed by atoms with Crippen LogP contribution < -0.4 is 0 Å². The van der Waals surface area contributed by atoms with Crippen LogP contribution in [0.4, 0.5) is 0 Å². The molecule has 7 atom stereocenters. The molecule has 3 aliphatic rings.